The van der Waals surface area contributed by atoms with Gasteiger partial charge in [-0.2, -0.15) is 0 Å². The lowest BCUT2D eigenvalue weighted by Gasteiger charge is -2.10. The van der Waals surface area contributed by atoms with Crippen LogP contribution in [0, 0.1) is 0 Å². The van der Waals surface area contributed by atoms with Gasteiger partial charge in [0.05, 0.1) is 10.2 Å². The van der Waals surface area contributed by atoms with Crippen molar-refractivity contribution in [3.05, 3.63) is 158 Å². The number of fused-ring (bicyclic) bond motifs is 7. The summed E-state index contributed by atoms with van der Waals surface area (Å²) in [5.41, 5.74) is 10.2. The lowest BCUT2D eigenvalue weighted by molar-refractivity contribution is 0.668. The Balaban J connectivity index is 1.09. The van der Waals surface area contributed by atoms with Gasteiger partial charge in [-0.15, -0.1) is 11.3 Å². The van der Waals surface area contributed by atoms with E-state index >= 15 is 0 Å². The first kappa shape index (κ1) is 29.7. The highest BCUT2D eigenvalue weighted by Gasteiger charge is 2.21. The lowest BCUT2D eigenvalue weighted by atomic mass is 9.96. The van der Waals surface area contributed by atoms with Crippen molar-refractivity contribution < 1.29 is 8.83 Å². The van der Waals surface area contributed by atoms with E-state index in [-0.39, 0.29) is 0 Å². The van der Waals surface area contributed by atoms with Crippen molar-refractivity contribution >= 4 is 65.4 Å². The topological polar surface area (TPSA) is 77.8 Å². The van der Waals surface area contributed by atoms with Crippen LogP contribution < -0.4 is 0 Å². The molecule has 0 amide bonds. The molecule has 6 nitrogen and oxygen atoms in total. The number of para-hydroxylation sites is 2. The monoisotopic (exact) mass is 698 g/mol. The zero-order valence-corrected chi connectivity index (χ0v) is 28.8. The smallest absolute Gasteiger partial charge is 0.164 e. The van der Waals surface area contributed by atoms with Crippen molar-refractivity contribution in [2.45, 2.75) is 0 Å². The molecule has 0 bridgehead atoms. The Morgan fingerprint density at radius 1 is 0.377 bits per heavy atom. The third kappa shape index (κ3) is 4.93. The van der Waals surface area contributed by atoms with E-state index in [0.29, 0.717) is 17.5 Å². The Kier molecular flexibility index (Phi) is 6.62. The van der Waals surface area contributed by atoms with Crippen LogP contribution in [-0.2, 0) is 0 Å². The Hall–Kier alpha value is -6.96. The number of aromatic nitrogens is 4. The zero-order chi connectivity index (χ0) is 34.9. The average molecular weight is 699 g/mol. The van der Waals surface area contributed by atoms with E-state index < -0.39 is 0 Å². The average Bonchev–Trinajstić information content (AvgIpc) is 3.94. The molecule has 11 rings (SSSR count). The quantitative estimate of drug-likeness (QED) is 0.178. The summed E-state index contributed by atoms with van der Waals surface area (Å²) >= 11 is 1.71. The maximum Gasteiger partial charge on any atom is 0.164 e. The summed E-state index contributed by atoms with van der Waals surface area (Å²) in [5, 5.41) is 5.05. The summed E-state index contributed by atoms with van der Waals surface area (Å²) in [4.78, 5) is 20.2. The fraction of sp³-hybridized carbons (Fsp3) is 0. The highest BCUT2D eigenvalue weighted by molar-refractivity contribution is 7.21. The number of hydrogen-bond acceptors (Lipinski definition) is 7. The normalized spacial score (nSPS) is 11.8. The summed E-state index contributed by atoms with van der Waals surface area (Å²) in [6.07, 6.45) is 0. The van der Waals surface area contributed by atoms with Gasteiger partial charge in [0.15, 0.2) is 17.5 Å². The van der Waals surface area contributed by atoms with Gasteiger partial charge in [-0.1, -0.05) is 109 Å². The minimum atomic E-state index is 0.570. The van der Waals surface area contributed by atoms with Crippen LogP contribution in [0.1, 0.15) is 0 Å². The number of thiazole rings is 1. The van der Waals surface area contributed by atoms with Gasteiger partial charge < -0.3 is 8.83 Å². The number of hydrogen-bond donors (Lipinski definition) is 0. The summed E-state index contributed by atoms with van der Waals surface area (Å²) in [7, 11) is 0. The molecule has 0 fully saturated rings. The first-order valence-electron chi connectivity index (χ1n) is 17.4. The van der Waals surface area contributed by atoms with Crippen LogP contribution in [0.4, 0.5) is 0 Å². The summed E-state index contributed by atoms with van der Waals surface area (Å²) in [6, 6.07) is 53.5. The van der Waals surface area contributed by atoms with Crippen LogP contribution in [0.5, 0.6) is 0 Å². The first-order chi connectivity index (χ1) is 26.2. The van der Waals surface area contributed by atoms with Crippen LogP contribution in [0.15, 0.2) is 167 Å². The molecule has 0 unspecified atom stereocenters. The van der Waals surface area contributed by atoms with Crippen LogP contribution >= 0.6 is 11.3 Å². The predicted octanol–water partition coefficient (Wildman–Crippen LogP) is 12.6. The molecule has 4 aromatic heterocycles. The molecule has 248 valence electrons. The first-order valence-corrected chi connectivity index (χ1v) is 18.2. The maximum absolute atomic E-state index is 6.52. The highest BCUT2D eigenvalue weighted by atomic mass is 32.1. The molecule has 0 N–H and O–H groups in total. The predicted molar refractivity (Wildman–Crippen MR) is 215 cm³/mol. The summed E-state index contributed by atoms with van der Waals surface area (Å²) < 4.78 is 13.8. The highest BCUT2D eigenvalue weighted by Crippen LogP contribution is 2.42. The Bertz CT molecular complexity index is 3150. The second kappa shape index (κ2) is 11.8. The third-order valence-corrected chi connectivity index (χ3v) is 10.9. The minimum Gasteiger partial charge on any atom is -0.456 e. The number of rotatable bonds is 5. The van der Waals surface area contributed by atoms with Gasteiger partial charge in [-0.25, -0.2) is 19.9 Å². The van der Waals surface area contributed by atoms with Crippen LogP contribution in [0.3, 0.4) is 0 Å². The molecule has 0 radical (unpaired) electrons. The van der Waals surface area contributed by atoms with E-state index in [1.54, 1.807) is 11.3 Å². The van der Waals surface area contributed by atoms with Crippen LogP contribution in [-0.4, -0.2) is 19.9 Å². The summed E-state index contributed by atoms with van der Waals surface area (Å²) in [5.74, 6) is 1.75. The minimum absolute atomic E-state index is 0.570. The lowest BCUT2D eigenvalue weighted by Crippen LogP contribution is -2.00. The Labute approximate surface area is 306 Å². The van der Waals surface area contributed by atoms with E-state index in [1.165, 1.54) is 4.70 Å². The van der Waals surface area contributed by atoms with Gasteiger partial charge in [-0.3, -0.25) is 0 Å². The van der Waals surface area contributed by atoms with E-state index in [4.69, 9.17) is 28.8 Å². The van der Waals surface area contributed by atoms with Gasteiger partial charge in [-0.05, 0) is 59.7 Å². The molecule has 0 saturated carbocycles. The van der Waals surface area contributed by atoms with Gasteiger partial charge in [0.1, 0.15) is 27.3 Å². The molecule has 53 heavy (non-hydrogen) atoms. The molecule has 7 aromatic carbocycles. The van der Waals surface area contributed by atoms with Crippen molar-refractivity contribution in [3.8, 4) is 55.9 Å². The van der Waals surface area contributed by atoms with Crippen molar-refractivity contribution in [1.29, 1.82) is 0 Å². The largest absolute Gasteiger partial charge is 0.456 e. The summed E-state index contributed by atoms with van der Waals surface area (Å²) in [6.45, 7) is 0. The molecule has 0 aliphatic carbocycles. The van der Waals surface area contributed by atoms with Gasteiger partial charge in [0.2, 0.25) is 0 Å². The third-order valence-electron chi connectivity index (χ3n) is 9.80. The number of nitrogens with zero attached hydrogens (tertiary/aromatic N) is 4. The molecule has 0 atom stereocenters. The zero-order valence-electron chi connectivity index (χ0n) is 28.0. The fourth-order valence-electron chi connectivity index (χ4n) is 7.29. The molecule has 0 saturated heterocycles. The Morgan fingerprint density at radius 3 is 1.81 bits per heavy atom. The van der Waals surface area contributed by atoms with Gasteiger partial charge >= 0.3 is 0 Å². The van der Waals surface area contributed by atoms with Crippen molar-refractivity contribution in [2.75, 3.05) is 0 Å². The number of benzene rings is 7. The van der Waals surface area contributed by atoms with E-state index in [0.717, 1.165) is 87.8 Å². The van der Waals surface area contributed by atoms with Crippen molar-refractivity contribution in [3.63, 3.8) is 0 Å². The molecule has 0 aliphatic rings. The maximum atomic E-state index is 6.52. The van der Waals surface area contributed by atoms with E-state index in [2.05, 4.69) is 66.7 Å². The molecule has 11 aromatic rings. The molecular formula is C46H26N4O2S. The second-order valence-electron chi connectivity index (χ2n) is 13.0. The van der Waals surface area contributed by atoms with Crippen molar-refractivity contribution in [1.82, 2.24) is 19.9 Å². The van der Waals surface area contributed by atoms with E-state index in [1.807, 2.05) is 91.0 Å². The van der Waals surface area contributed by atoms with Crippen LogP contribution in [0.25, 0.3) is 110 Å². The van der Waals surface area contributed by atoms with Crippen molar-refractivity contribution in [2.24, 2.45) is 0 Å². The number of furan rings is 2. The van der Waals surface area contributed by atoms with E-state index in [9.17, 15) is 0 Å². The molecule has 0 spiro atoms. The molecular weight excluding hydrogens is 673 g/mol. The molecule has 7 heteroatoms. The molecule has 4 heterocycles. The standard InChI is InChI=1S/C46H26N4O2S/c1-2-10-28(11-3-1)43-48-44(30-24-25-37-34(26-30)32-12-4-6-16-36(32)51-37)50-45(49-43)33-14-9-18-39-42(33)41-31(13-8-17-38(41)52-39)27-20-22-29(23-21-27)46-47-35-15-5-7-19-40(35)53-46/h1-26H. The van der Waals surface area contributed by atoms with Gasteiger partial charge in [0.25, 0.3) is 0 Å². The fourth-order valence-corrected chi connectivity index (χ4v) is 8.26. The van der Waals surface area contributed by atoms with Crippen LogP contribution in [0.2, 0.25) is 0 Å². The SMILES string of the molecule is c1ccc(-c2nc(-c3ccc4oc5ccccc5c4c3)nc(-c3cccc4oc5cccc(-c6ccc(-c7nc8ccccc8s7)cc6)c5c34)n2)cc1. The Morgan fingerprint density at radius 2 is 0.981 bits per heavy atom. The second-order valence-corrected chi connectivity index (χ2v) is 14.0. The van der Waals surface area contributed by atoms with Gasteiger partial charge in [0, 0.05) is 43.8 Å². The molecule has 0 aliphatic heterocycles.